The van der Waals surface area contributed by atoms with Crippen molar-refractivity contribution in [3.63, 3.8) is 0 Å². The highest BCUT2D eigenvalue weighted by molar-refractivity contribution is 5.75. The Morgan fingerprint density at radius 2 is 1.91 bits per heavy atom. The number of piperidine rings is 1. The summed E-state index contributed by atoms with van der Waals surface area (Å²) in [6.45, 7) is 6.72. The van der Waals surface area contributed by atoms with Crippen molar-refractivity contribution in [1.82, 2.24) is 19.8 Å². The molecule has 2 aliphatic rings. The van der Waals surface area contributed by atoms with Crippen molar-refractivity contribution in [3.8, 4) is 0 Å². The number of aromatic nitrogens is 2. The molecule has 0 spiro atoms. The zero-order chi connectivity index (χ0) is 15.6. The molecule has 1 aromatic carbocycles. The lowest BCUT2D eigenvalue weighted by Crippen LogP contribution is -2.43. The molecule has 23 heavy (non-hydrogen) atoms. The van der Waals surface area contributed by atoms with Gasteiger partial charge in [-0.2, -0.15) is 0 Å². The van der Waals surface area contributed by atoms with Gasteiger partial charge in [-0.3, -0.25) is 0 Å². The molecule has 4 nitrogen and oxygen atoms in total. The summed E-state index contributed by atoms with van der Waals surface area (Å²) in [6, 6.07) is 10.1. The number of para-hydroxylation sites is 2. The van der Waals surface area contributed by atoms with Crippen LogP contribution in [0.25, 0.3) is 11.0 Å². The highest BCUT2D eigenvalue weighted by Gasteiger charge is 2.31. The van der Waals surface area contributed by atoms with Gasteiger partial charge < -0.3 is 14.8 Å². The van der Waals surface area contributed by atoms with E-state index in [2.05, 4.69) is 46.0 Å². The molecule has 0 atom stereocenters. The van der Waals surface area contributed by atoms with Gasteiger partial charge in [0, 0.05) is 18.6 Å². The minimum Gasteiger partial charge on any atom is -0.327 e. The van der Waals surface area contributed by atoms with Crippen LogP contribution in [0.5, 0.6) is 0 Å². The van der Waals surface area contributed by atoms with Gasteiger partial charge in [-0.15, -0.1) is 0 Å². The Kier molecular flexibility index (Phi) is 4.36. The van der Waals surface area contributed by atoms with Gasteiger partial charge >= 0.3 is 0 Å². The van der Waals surface area contributed by atoms with Gasteiger partial charge in [0.2, 0.25) is 0 Å². The molecule has 4 rings (SSSR count). The van der Waals surface area contributed by atoms with E-state index in [-0.39, 0.29) is 0 Å². The average Bonchev–Trinajstić information content (AvgIpc) is 3.38. The Balaban J connectivity index is 1.40. The van der Waals surface area contributed by atoms with Crippen molar-refractivity contribution >= 4 is 11.0 Å². The van der Waals surface area contributed by atoms with Crippen LogP contribution in [-0.2, 0) is 13.1 Å². The third-order valence-corrected chi connectivity index (χ3v) is 5.32. The number of nitrogens with one attached hydrogen (secondary N) is 1. The summed E-state index contributed by atoms with van der Waals surface area (Å²) in [4.78, 5) is 7.54. The normalized spacial score (nSPS) is 20.4. The second kappa shape index (κ2) is 6.62. The molecule has 2 fully saturated rings. The number of likely N-dealkylation sites (tertiary alicyclic amines) is 1. The lowest BCUT2D eigenvalue weighted by molar-refractivity contribution is 0.188. The predicted molar refractivity (Wildman–Crippen MR) is 94.5 cm³/mol. The summed E-state index contributed by atoms with van der Waals surface area (Å²) in [5.74, 6) is 1.19. The highest BCUT2D eigenvalue weighted by atomic mass is 15.2. The van der Waals surface area contributed by atoms with Gasteiger partial charge in [0.1, 0.15) is 5.82 Å². The molecular weight excluding hydrogens is 284 g/mol. The molecule has 4 heteroatoms. The summed E-state index contributed by atoms with van der Waals surface area (Å²) < 4.78 is 2.39. The fourth-order valence-corrected chi connectivity index (χ4v) is 3.88. The quantitative estimate of drug-likeness (QED) is 0.889. The molecule has 1 aliphatic carbocycles. The molecule has 0 bridgehead atoms. The largest absolute Gasteiger partial charge is 0.327 e. The molecule has 2 heterocycles. The van der Waals surface area contributed by atoms with Crippen molar-refractivity contribution in [1.29, 1.82) is 0 Å². The first-order chi connectivity index (χ1) is 11.3. The van der Waals surface area contributed by atoms with Gasteiger partial charge in [-0.05, 0) is 57.3 Å². The third-order valence-electron chi connectivity index (χ3n) is 5.32. The number of aryl methyl sites for hydroxylation is 1. The van der Waals surface area contributed by atoms with Gasteiger partial charge in [0.05, 0.1) is 17.6 Å². The van der Waals surface area contributed by atoms with Gasteiger partial charge in [-0.25, -0.2) is 4.98 Å². The number of hydrogen-bond donors (Lipinski definition) is 1. The minimum absolute atomic E-state index is 0.653. The third kappa shape index (κ3) is 3.29. The van der Waals surface area contributed by atoms with Crippen LogP contribution in [-0.4, -0.2) is 39.6 Å². The number of nitrogens with zero attached hydrogens (tertiary/aromatic N) is 3. The van der Waals surface area contributed by atoms with Crippen molar-refractivity contribution in [3.05, 3.63) is 30.1 Å². The maximum Gasteiger partial charge on any atom is 0.123 e. The van der Waals surface area contributed by atoms with E-state index in [1.54, 1.807) is 0 Å². The van der Waals surface area contributed by atoms with Crippen LogP contribution in [0.15, 0.2) is 24.3 Å². The van der Waals surface area contributed by atoms with E-state index in [9.17, 15) is 0 Å². The van der Waals surface area contributed by atoms with E-state index in [4.69, 9.17) is 4.98 Å². The smallest absolute Gasteiger partial charge is 0.123 e. The number of fused-ring (bicyclic) bond motifs is 1. The molecule has 1 aliphatic heterocycles. The number of hydrogen-bond acceptors (Lipinski definition) is 3. The molecule has 1 aromatic heterocycles. The zero-order valence-electron chi connectivity index (χ0n) is 14.2. The summed E-state index contributed by atoms with van der Waals surface area (Å²) in [5, 5.41) is 3.77. The Morgan fingerprint density at radius 1 is 1.13 bits per heavy atom. The highest BCUT2D eigenvalue weighted by Crippen LogP contribution is 2.29. The molecule has 0 unspecified atom stereocenters. The topological polar surface area (TPSA) is 33.1 Å². The first-order valence-electron chi connectivity index (χ1n) is 9.26. The van der Waals surface area contributed by atoms with Crippen LogP contribution in [0.4, 0.5) is 0 Å². The molecular formula is C19H28N4. The fraction of sp³-hybridized carbons (Fsp3) is 0.632. The van der Waals surface area contributed by atoms with Crippen LogP contribution in [0.2, 0.25) is 0 Å². The van der Waals surface area contributed by atoms with Gasteiger partial charge in [0.15, 0.2) is 0 Å². The van der Waals surface area contributed by atoms with Crippen LogP contribution >= 0.6 is 0 Å². The van der Waals surface area contributed by atoms with Crippen molar-refractivity contribution < 1.29 is 0 Å². The fourth-order valence-electron chi connectivity index (χ4n) is 3.88. The van der Waals surface area contributed by atoms with Gasteiger partial charge in [-0.1, -0.05) is 19.1 Å². The summed E-state index contributed by atoms with van der Waals surface area (Å²) in [5.41, 5.74) is 2.40. The molecule has 2 aromatic rings. The molecule has 124 valence electrons. The SMILES string of the molecule is CCCn1c(CNC2CCN(C3CC3)CC2)nc2ccccc21. The summed E-state index contributed by atoms with van der Waals surface area (Å²) in [7, 11) is 0. The van der Waals surface area contributed by atoms with Crippen LogP contribution < -0.4 is 5.32 Å². The van der Waals surface area contributed by atoms with Crippen LogP contribution in [0, 0.1) is 0 Å². The average molecular weight is 312 g/mol. The van der Waals surface area contributed by atoms with E-state index < -0.39 is 0 Å². The standard InChI is InChI=1S/C19H28N4/c1-2-11-23-18-6-4-3-5-17(18)21-19(23)14-20-15-9-12-22(13-10-15)16-7-8-16/h3-6,15-16,20H,2,7-14H2,1H3. The molecule has 0 radical (unpaired) electrons. The predicted octanol–water partition coefficient (Wildman–Crippen LogP) is 3.16. The summed E-state index contributed by atoms with van der Waals surface area (Å²) >= 11 is 0. The summed E-state index contributed by atoms with van der Waals surface area (Å²) in [6.07, 6.45) is 6.57. The maximum absolute atomic E-state index is 4.86. The van der Waals surface area contributed by atoms with E-state index in [1.807, 2.05) is 0 Å². The number of rotatable bonds is 6. The first-order valence-corrected chi connectivity index (χ1v) is 9.26. The maximum atomic E-state index is 4.86. The van der Waals surface area contributed by atoms with Crippen LogP contribution in [0.3, 0.4) is 0 Å². The Hall–Kier alpha value is -1.39. The van der Waals surface area contributed by atoms with Crippen molar-refractivity contribution in [2.75, 3.05) is 13.1 Å². The molecule has 1 saturated carbocycles. The Morgan fingerprint density at radius 3 is 2.65 bits per heavy atom. The second-order valence-corrected chi connectivity index (χ2v) is 7.09. The zero-order valence-corrected chi connectivity index (χ0v) is 14.2. The van der Waals surface area contributed by atoms with E-state index in [1.165, 1.54) is 50.1 Å². The molecule has 1 N–H and O–H groups in total. The lowest BCUT2D eigenvalue weighted by Gasteiger charge is -2.32. The van der Waals surface area contributed by atoms with Crippen LogP contribution in [0.1, 0.15) is 44.9 Å². The number of benzene rings is 1. The second-order valence-electron chi connectivity index (χ2n) is 7.09. The lowest BCUT2D eigenvalue weighted by atomic mass is 10.0. The number of imidazole rings is 1. The van der Waals surface area contributed by atoms with Crippen molar-refractivity contribution in [2.24, 2.45) is 0 Å². The van der Waals surface area contributed by atoms with E-state index >= 15 is 0 Å². The Bertz CT molecular complexity index is 650. The first kappa shape index (κ1) is 15.2. The monoisotopic (exact) mass is 312 g/mol. The van der Waals surface area contributed by atoms with Gasteiger partial charge in [0.25, 0.3) is 0 Å². The van der Waals surface area contributed by atoms with Crippen molar-refractivity contribution in [2.45, 2.75) is 64.2 Å². The Labute approximate surface area is 138 Å². The molecule has 0 amide bonds. The van der Waals surface area contributed by atoms with E-state index in [0.717, 1.165) is 31.1 Å². The minimum atomic E-state index is 0.653. The van der Waals surface area contributed by atoms with E-state index in [0.29, 0.717) is 6.04 Å². The molecule has 1 saturated heterocycles.